The maximum Gasteiger partial charge on any atom is 0.412 e. The second kappa shape index (κ2) is 12.9. The van der Waals surface area contributed by atoms with Crippen molar-refractivity contribution in [2.75, 3.05) is 16.4 Å². The predicted octanol–water partition coefficient (Wildman–Crippen LogP) is 6.08. The molecular weight excluding hydrogens is 470 g/mol. The number of para-hydroxylation sites is 2. The van der Waals surface area contributed by atoms with E-state index < -0.39 is 12.2 Å². The van der Waals surface area contributed by atoms with Crippen molar-refractivity contribution in [2.24, 2.45) is 5.92 Å². The van der Waals surface area contributed by atoms with Crippen molar-refractivity contribution < 1.29 is 24.2 Å². The molecule has 5 N–H and O–H groups in total. The van der Waals surface area contributed by atoms with E-state index in [1.165, 1.54) is 25.1 Å². The summed E-state index contributed by atoms with van der Waals surface area (Å²) in [6, 6.07) is 20.0. The lowest BCUT2D eigenvalue weighted by molar-refractivity contribution is -0.111. The van der Waals surface area contributed by atoms with Gasteiger partial charge in [0, 0.05) is 11.3 Å². The van der Waals surface area contributed by atoms with Crippen molar-refractivity contribution in [3.05, 3.63) is 96.1 Å². The highest BCUT2D eigenvalue weighted by Gasteiger charge is 2.23. The lowest BCUT2D eigenvalue weighted by Gasteiger charge is -2.24. The zero-order valence-corrected chi connectivity index (χ0v) is 20.8. The number of phenols is 1. The third-order valence-corrected chi connectivity index (χ3v) is 5.79. The molecule has 8 heteroatoms. The summed E-state index contributed by atoms with van der Waals surface area (Å²) in [5.41, 5.74) is 8.66. The molecule has 0 aliphatic rings. The van der Waals surface area contributed by atoms with Crippen molar-refractivity contribution in [1.29, 1.82) is 0 Å². The predicted molar refractivity (Wildman–Crippen MR) is 144 cm³/mol. The lowest BCUT2D eigenvalue weighted by atomic mass is 9.93. The molecule has 0 aromatic heterocycles. The largest absolute Gasteiger partial charge is 0.508 e. The summed E-state index contributed by atoms with van der Waals surface area (Å²) in [6.45, 7) is 3.42. The molecule has 0 aliphatic heterocycles. The first-order valence-corrected chi connectivity index (χ1v) is 11.9. The van der Waals surface area contributed by atoms with E-state index in [-0.39, 0.29) is 23.4 Å². The van der Waals surface area contributed by atoms with Crippen molar-refractivity contribution in [1.82, 2.24) is 0 Å². The van der Waals surface area contributed by atoms with Crippen LogP contribution in [-0.2, 0) is 9.53 Å². The van der Waals surface area contributed by atoms with Gasteiger partial charge in [-0.2, -0.15) is 0 Å². The molecule has 3 aromatic carbocycles. The summed E-state index contributed by atoms with van der Waals surface area (Å²) in [7, 11) is 0. The van der Waals surface area contributed by atoms with Crippen LogP contribution in [0.3, 0.4) is 0 Å². The maximum atomic E-state index is 12.7. The number of aromatic hydroxyl groups is 1. The molecule has 3 rings (SSSR count). The van der Waals surface area contributed by atoms with E-state index in [2.05, 4.69) is 10.6 Å². The van der Waals surface area contributed by atoms with Crippen LogP contribution in [0.2, 0.25) is 0 Å². The van der Waals surface area contributed by atoms with Crippen LogP contribution >= 0.6 is 0 Å². The topological polar surface area (TPSA) is 131 Å². The van der Waals surface area contributed by atoms with Crippen LogP contribution < -0.4 is 16.4 Å². The van der Waals surface area contributed by atoms with Crippen LogP contribution in [-0.4, -0.2) is 22.9 Å². The molecule has 0 heterocycles. The third kappa shape index (κ3) is 8.24. The van der Waals surface area contributed by atoms with Crippen molar-refractivity contribution >= 4 is 34.8 Å². The Morgan fingerprint density at radius 1 is 0.973 bits per heavy atom. The van der Waals surface area contributed by atoms with E-state index in [9.17, 15) is 19.5 Å². The number of benzene rings is 3. The first-order valence-electron chi connectivity index (χ1n) is 11.9. The van der Waals surface area contributed by atoms with Crippen LogP contribution in [0.5, 0.6) is 5.75 Å². The Balaban J connectivity index is 1.61. The first kappa shape index (κ1) is 27.0. The van der Waals surface area contributed by atoms with Crippen LogP contribution in [0.4, 0.5) is 21.9 Å². The minimum Gasteiger partial charge on any atom is -0.508 e. The summed E-state index contributed by atoms with van der Waals surface area (Å²) in [5.74, 6) is -0.343. The van der Waals surface area contributed by atoms with Gasteiger partial charge in [0.2, 0.25) is 5.91 Å². The zero-order valence-electron chi connectivity index (χ0n) is 20.8. The Kier molecular flexibility index (Phi) is 9.43. The maximum absolute atomic E-state index is 12.7. The molecule has 0 bridgehead atoms. The molecule has 3 aromatic rings. The van der Waals surface area contributed by atoms with Gasteiger partial charge in [-0.25, -0.2) is 4.79 Å². The zero-order chi connectivity index (χ0) is 26.8. The SMILES string of the molecule is CC(=O)c1ccc(NC(=O)O[C@@H](c2ccc(O)cc2)[C@@H](C)CC/C=C/C(=O)Nc2ccccc2N)cc1. The molecule has 0 radical (unpaired) electrons. The Labute approximate surface area is 216 Å². The van der Waals surface area contributed by atoms with Gasteiger partial charge in [-0.3, -0.25) is 14.9 Å². The van der Waals surface area contributed by atoms with Crippen LogP contribution in [0, 0.1) is 5.92 Å². The molecule has 0 aliphatic carbocycles. The number of anilines is 3. The fourth-order valence-electron chi connectivity index (χ4n) is 3.71. The van der Waals surface area contributed by atoms with Gasteiger partial charge in [0.05, 0.1) is 11.4 Å². The lowest BCUT2D eigenvalue weighted by Crippen LogP contribution is -2.22. The Bertz CT molecular complexity index is 1250. The second-order valence-corrected chi connectivity index (χ2v) is 8.71. The highest BCUT2D eigenvalue weighted by Crippen LogP contribution is 2.31. The fraction of sp³-hybridized carbons (Fsp3) is 0.207. The first-order chi connectivity index (χ1) is 17.7. The summed E-state index contributed by atoms with van der Waals surface area (Å²) in [4.78, 5) is 36.3. The quantitative estimate of drug-likeness (QED) is 0.151. The van der Waals surface area contributed by atoms with E-state index in [0.717, 1.165) is 5.56 Å². The Morgan fingerprint density at radius 2 is 1.65 bits per heavy atom. The second-order valence-electron chi connectivity index (χ2n) is 8.71. The number of nitrogen functional groups attached to an aromatic ring is 1. The van der Waals surface area contributed by atoms with Gasteiger partial charge in [0.1, 0.15) is 11.9 Å². The molecule has 0 saturated carbocycles. The van der Waals surface area contributed by atoms with Crippen molar-refractivity contribution in [3.63, 3.8) is 0 Å². The molecular formula is C29H31N3O5. The highest BCUT2D eigenvalue weighted by molar-refractivity contribution is 6.01. The number of hydrogen-bond acceptors (Lipinski definition) is 6. The Morgan fingerprint density at radius 3 is 2.30 bits per heavy atom. The van der Waals surface area contributed by atoms with Crippen molar-refractivity contribution in [2.45, 2.75) is 32.8 Å². The number of allylic oxidation sites excluding steroid dienone is 1. The number of nitrogens with two attached hydrogens (primary N) is 1. The van der Waals surface area contributed by atoms with E-state index >= 15 is 0 Å². The molecule has 0 spiro atoms. The minimum atomic E-state index is -0.643. The van der Waals surface area contributed by atoms with Gasteiger partial charge in [0.15, 0.2) is 5.78 Å². The summed E-state index contributed by atoms with van der Waals surface area (Å²) in [5, 5.41) is 15.1. The monoisotopic (exact) mass is 501 g/mol. The van der Waals surface area contributed by atoms with Crippen molar-refractivity contribution in [3.8, 4) is 5.75 Å². The van der Waals surface area contributed by atoms with Gasteiger partial charge < -0.3 is 20.9 Å². The summed E-state index contributed by atoms with van der Waals surface area (Å²) in [6.07, 6.45) is 3.18. The van der Waals surface area contributed by atoms with E-state index in [1.807, 2.05) is 6.92 Å². The average molecular weight is 502 g/mol. The van der Waals surface area contributed by atoms with E-state index in [0.29, 0.717) is 35.5 Å². The molecule has 0 saturated heterocycles. The van der Waals surface area contributed by atoms with Gasteiger partial charge in [-0.15, -0.1) is 0 Å². The standard InChI is InChI=1S/C29H31N3O5/c1-19(7-3-6-10-27(35)32-26-9-5-4-8-25(26)30)28(22-13-17-24(34)18-14-22)37-29(36)31-23-15-11-21(12-16-23)20(2)33/h4-6,8-19,28,34H,3,7,30H2,1-2H3,(H,31,36)(H,32,35)/b10-6+/t19-,28+/m0/s1. The van der Waals surface area contributed by atoms with E-state index in [1.54, 1.807) is 66.7 Å². The molecule has 0 unspecified atom stereocenters. The number of ketones is 1. The third-order valence-electron chi connectivity index (χ3n) is 5.79. The van der Waals surface area contributed by atoms with Crippen LogP contribution in [0.25, 0.3) is 0 Å². The van der Waals surface area contributed by atoms with Gasteiger partial charge in [0.25, 0.3) is 0 Å². The minimum absolute atomic E-state index is 0.0638. The van der Waals surface area contributed by atoms with Crippen LogP contribution in [0.15, 0.2) is 84.9 Å². The highest BCUT2D eigenvalue weighted by atomic mass is 16.6. The number of hydrogen-bond donors (Lipinski definition) is 4. The fourth-order valence-corrected chi connectivity index (χ4v) is 3.71. The summed E-state index contributed by atoms with van der Waals surface area (Å²) >= 11 is 0. The van der Waals surface area contributed by atoms with Gasteiger partial charge in [-0.1, -0.05) is 37.3 Å². The molecule has 37 heavy (non-hydrogen) atoms. The molecule has 0 fully saturated rings. The number of carbonyl (C=O) groups is 3. The van der Waals surface area contributed by atoms with E-state index in [4.69, 9.17) is 10.5 Å². The molecule has 192 valence electrons. The van der Waals surface area contributed by atoms with Crippen LogP contribution in [0.1, 0.15) is 48.7 Å². The number of Topliss-reactive ketones (excluding diaryl/α,β-unsaturated/α-hetero) is 1. The molecule has 2 amide bonds. The molecule has 2 atom stereocenters. The Hall–Kier alpha value is -4.59. The number of carbonyl (C=O) groups excluding carboxylic acids is 3. The van der Waals surface area contributed by atoms with Gasteiger partial charge in [-0.05, 0) is 85.9 Å². The summed E-state index contributed by atoms with van der Waals surface area (Å²) < 4.78 is 5.77. The number of amides is 2. The number of phenolic OH excluding ortho intramolecular Hbond substituents is 1. The average Bonchev–Trinajstić information content (AvgIpc) is 2.87. The number of ether oxygens (including phenoxy) is 1. The number of rotatable bonds is 10. The molecule has 8 nitrogen and oxygen atoms in total. The smallest absolute Gasteiger partial charge is 0.412 e. The van der Waals surface area contributed by atoms with Gasteiger partial charge >= 0.3 is 6.09 Å². The number of nitrogens with one attached hydrogen (secondary N) is 2. The normalized spacial score (nSPS) is 12.5.